The van der Waals surface area contributed by atoms with E-state index in [0.29, 0.717) is 17.0 Å². The largest absolute Gasteiger partial charge is 0.425 e. The summed E-state index contributed by atoms with van der Waals surface area (Å²) in [5.41, 5.74) is 1.82. The molecule has 2 aromatic carbocycles. The monoisotopic (exact) mass is 414 g/mol. The van der Waals surface area contributed by atoms with Crippen molar-refractivity contribution >= 4 is 46.7 Å². The SMILES string of the molecule is C=Cn1cnc2c(OC(=O)N(c3ccccc3)c3ccccc3)nc(NC(C)=O)nc21. The van der Waals surface area contributed by atoms with Gasteiger partial charge in [-0.15, -0.1) is 0 Å². The summed E-state index contributed by atoms with van der Waals surface area (Å²) in [4.78, 5) is 38.8. The van der Waals surface area contributed by atoms with E-state index in [1.54, 1.807) is 24.3 Å². The maximum absolute atomic E-state index is 13.3. The lowest BCUT2D eigenvalue weighted by Crippen LogP contribution is -2.29. The number of aromatic nitrogens is 4. The molecule has 0 aliphatic carbocycles. The summed E-state index contributed by atoms with van der Waals surface area (Å²) in [6.07, 6.45) is 2.26. The van der Waals surface area contributed by atoms with Crippen LogP contribution in [0.15, 0.2) is 73.6 Å². The summed E-state index contributed by atoms with van der Waals surface area (Å²) in [6.45, 7) is 5.03. The Morgan fingerprint density at radius 2 is 1.65 bits per heavy atom. The van der Waals surface area contributed by atoms with Crippen LogP contribution in [0.2, 0.25) is 0 Å². The molecule has 0 aliphatic heterocycles. The molecule has 0 fully saturated rings. The van der Waals surface area contributed by atoms with Crippen molar-refractivity contribution in [2.24, 2.45) is 0 Å². The number of hydrogen-bond acceptors (Lipinski definition) is 6. The van der Waals surface area contributed by atoms with Gasteiger partial charge in [0.05, 0.1) is 11.4 Å². The van der Waals surface area contributed by atoms with Crippen molar-refractivity contribution < 1.29 is 14.3 Å². The van der Waals surface area contributed by atoms with Gasteiger partial charge in [-0.2, -0.15) is 9.97 Å². The van der Waals surface area contributed by atoms with Crippen LogP contribution >= 0.6 is 0 Å². The number of carbonyl (C=O) groups excluding carboxylic acids is 2. The third kappa shape index (κ3) is 4.10. The molecule has 1 N–H and O–H groups in total. The Balaban J connectivity index is 1.77. The van der Waals surface area contributed by atoms with Crippen LogP contribution in [-0.4, -0.2) is 31.5 Å². The molecule has 0 spiro atoms. The van der Waals surface area contributed by atoms with Gasteiger partial charge in [-0.05, 0) is 24.3 Å². The highest BCUT2D eigenvalue weighted by Crippen LogP contribution is 2.28. The van der Waals surface area contributed by atoms with E-state index in [4.69, 9.17) is 4.74 Å². The van der Waals surface area contributed by atoms with Gasteiger partial charge in [0.1, 0.15) is 6.33 Å². The van der Waals surface area contributed by atoms with Crippen LogP contribution in [0.3, 0.4) is 0 Å². The number of benzene rings is 2. The first-order chi connectivity index (χ1) is 15.1. The fourth-order valence-electron chi connectivity index (χ4n) is 2.95. The number of rotatable bonds is 5. The van der Waals surface area contributed by atoms with E-state index < -0.39 is 6.09 Å². The predicted octanol–water partition coefficient (Wildman–Crippen LogP) is 4.22. The zero-order chi connectivity index (χ0) is 21.8. The van der Waals surface area contributed by atoms with Crippen molar-refractivity contribution in [2.45, 2.75) is 6.92 Å². The van der Waals surface area contributed by atoms with Crippen LogP contribution in [0, 0.1) is 0 Å². The minimum Gasteiger partial charge on any atom is -0.388 e. The van der Waals surface area contributed by atoms with Gasteiger partial charge < -0.3 is 4.74 Å². The fourth-order valence-corrected chi connectivity index (χ4v) is 2.95. The van der Waals surface area contributed by atoms with Crippen molar-refractivity contribution in [3.05, 3.63) is 73.6 Å². The molecule has 0 radical (unpaired) electrons. The molecular weight excluding hydrogens is 396 g/mol. The smallest absolute Gasteiger partial charge is 0.388 e. The van der Waals surface area contributed by atoms with Gasteiger partial charge in [-0.3, -0.25) is 14.7 Å². The molecule has 0 bridgehead atoms. The predicted molar refractivity (Wildman–Crippen MR) is 117 cm³/mol. The zero-order valence-electron chi connectivity index (χ0n) is 16.6. The first-order valence-corrected chi connectivity index (χ1v) is 9.33. The number of para-hydroxylation sites is 2. The van der Waals surface area contributed by atoms with E-state index >= 15 is 0 Å². The Hall–Kier alpha value is -4.53. The van der Waals surface area contributed by atoms with Crippen molar-refractivity contribution in [3.63, 3.8) is 0 Å². The fraction of sp³-hybridized carbons (Fsp3) is 0.0455. The van der Waals surface area contributed by atoms with E-state index in [0.717, 1.165) is 0 Å². The number of ether oxygens (including phenoxy) is 1. The van der Waals surface area contributed by atoms with Crippen molar-refractivity contribution in [3.8, 4) is 5.88 Å². The Kier molecular flexibility index (Phi) is 5.39. The minimum atomic E-state index is -0.695. The summed E-state index contributed by atoms with van der Waals surface area (Å²) < 4.78 is 7.19. The van der Waals surface area contributed by atoms with E-state index in [-0.39, 0.29) is 23.3 Å². The molecule has 0 unspecified atom stereocenters. The third-order valence-electron chi connectivity index (χ3n) is 4.27. The van der Waals surface area contributed by atoms with Crippen molar-refractivity contribution in [1.29, 1.82) is 0 Å². The Labute approximate surface area is 177 Å². The van der Waals surface area contributed by atoms with Crippen LogP contribution in [-0.2, 0) is 4.79 Å². The second-order valence-corrected chi connectivity index (χ2v) is 6.41. The number of anilines is 3. The summed E-state index contributed by atoms with van der Waals surface area (Å²) >= 11 is 0. The van der Waals surface area contributed by atoms with E-state index in [1.165, 1.54) is 28.9 Å². The lowest BCUT2D eigenvalue weighted by molar-refractivity contribution is -0.114. The molecule has 2 amide bonds. The summed E-state index contributed by atoms with van der Waals surface area (Å²) in [5.74, 6) is -0.468. The number of nitrogens with zero attached hydrogens (tertiary/aromatic N) is 5. The van der Waals surface area contributed by atoms with Gasteiger partial charge in [0.15, 0.2) is 11.2 Å². The Morgan fingerprint density at radius 3 is 2.19 bits per heavy atom. The Bertz CT molecular complexity index is 1210. The molecule has 0 saturated heterocycles. The summed E-state index contributed by atoms with van der Waals surface area (Å²) in [6, 6.07) is 18.2. The zero-order valence-corrected chi connectivity index (χ0v) is 16.6. The first kappa shape index (κ1) is 19.8. The third-order valence-corrected chi connectivity index (χ3v) is 4.27. The maximum Gasteiger partial charge on any atom is 0.425 e. The molecule has 0 atom stereocenters. The van der Waals surface area contributed by atoms with Crippen LogP contribution in [0.5, 0.6) is 5.88 Å². The first-order valence-electron chi connectivity index (χ1n) is 9.33. The van der Waals surface area contributed by atoms with Crippen molar-refractivity contribution in [2.75, 3.05) is 10.2 Å². The molecule has 4 rings (SSSR count). The summed E-state index contributed by atoms with van der Waals surface area (Å²) in [5, 5.41) is 2.50. The lowest BCUT2D eigenvalue weighted by atomic mass is 10.2. The van der Waals surface area contributed by atoms with Crippen LogP contribution in [0.4, 0.5) is 22.1 Å². The van der Waals surface area contributed by atoms with Gasteiger partial charge in [-0.25, -0.2) is 14.7 Å². The molecule has 2 heterocycles. The average molecular weight is 414 g/mol. The topological polar surface area (TPSA) is 102 Å². The highest BCUT2D eigenvalue weighted by atomic mass is 16.6. The number of fused-ring (bicyclic) bond motifs is 1. The Morgan fingerprint density at radius 1 is 1.03 bits per heavy atom. The molecule has 4 aromatic rings. The molecule has 154 valence electrons. The standard InChI is InChI=1S/C22H18N6O3/c1-3-27-14-23-18-19(27)25-21(24-15(2)29)26-20(18)31-22(30)28(16-10-6-4-7-11-16)17-12-8-5-9-13-17/h3-14H,1H2,2H3,(H,24,25,26,29). The average Bonchev–Trinajstić information content (AvgIpc) is 3.18. The van der Waals surface area contributed by atoms with Crippen LogP contribution in [0.1, 0.15) is 6.92 Å². The number of carbonyl (C=O) groups is 2. The van der Waals surface area contributed by atoms with E-state index in [2.05, 4.69) is 26.8 Å². The highest BCUT2D eigenvalue weighted by molar-refractivity contribution is 5.98. The highest BCUT2D eigenvalue weighted by Gasteiger charge is 2.24. The lowest BCUT2D eigenvalue weighted by Gasteiger charge is -2.22. The quantitative estimate of drug-likeness (QED) is 0.524. The second-order valence-electron chi connectivity index (χ2n) is 6.41. The molecule has 2 aromatic heterocycles. The van der Waals surface area contributed by atoms with Gasteiger partial charge in [0.25, 0.3) is 5.88 Å². The molecule has 0 aliphatic rings. The van der Waals surface area contributed by atoms with Crippen LogP contribution in [0.25, 0.3) is 17.4 Å². The van der Waals surface area contributed by atoms with Crippen molar-refractivity contribution in [1.82, 2.24) is 19.5 Å². The van der Waals surface area contributed by atoms with Gasteiger partial charge in [0, 0.05) is 13.1 Å². The molecule has 9 nitrogen and oxygen atoms in total. The second kappa shape index (κ2) is 8.46. The minimum absolute atomic E-state index is 0.0163. The molecular formula is C22H18N6O3. The molecule has 9 heteroatoms. The van der Waals surface area contributed by atoms with Gasteiger partial charge in [-0.1, -0.05) is 43.0 Å². The number of nitrogens with one attached hydrogen (secondary N) is 1. The van der Waals surface area contributed by atoms with Gasteiger partial charge in [0.2, 0.25) is 11.9 Å². The molecule has 0 saturated carbocycles. The maximum atomic E-state index is 13.3. The van der Waals surface area contributed by atoms with Crippen LogP contribution < -0.4 is 15.0 Å². The normalized spacial score (nSPS) is 10.5. The number of amides is 2. The van der Waals surface area contributed by atoms with E-state index in [1.807, 2.05) is 36.4 Å². The molecule has 31 heavy (non-hydrogen) atoms. The number of hydrogen-bond donors (Lipinski definition) is 1. The summed E-state index contributed by atoms with van der Waals surface area (Å²) in [7, 11) is 0. The number of imidazole rings is 1. The van der Waals surface area contributed by atoms with Gasteiger partial charge >= 0.3 is 6.09 Å². The van der Waals surface area contributed by atoms with E-state index in [9.17, 15) is 9.59 Å².